The molecular weight excluding hydrogens is 200 g/mol. The topological polar surface area (TPSA) is 32.3 Å². The molecule has 0 saturated heterocycles. The van der Waals surface area contributed by atoms with Gasteiger partial charge < -0.3 is 10.2 Å². The van der Waals surface area contributed by atoms with Crippen molar-refractivity contribution in [3.8, 4) is 0 Å². The molecular formula is C13H24N2O. The van der Waals surface area contributed by atoms with Gasteiger partial charge in [-0.1, -0.05) is 12.2 Å². The lowest BCUT2D eigenvalue weighted by molar-refractivity contribution is -0.129. The molecule has 0 aromatic carbocycles. The number of carbonyl (C=O) groups excluding carboxylic acids is 1. The van der Waals surface area contributed by atoms with Crippen molar-refractivity contribution in [3.05, 3.63) is 12.2 Å². The minimum atomic E-state index is 0.198. The van der Waals surface area contributed by atoms with Gasteiger partial charge in [-0.25, -0.2) is 0 Å². The van der Waals surface area contributed by atoms with Gasteiger partial charge in [0.25, 0.3) is 0 Å². The quantitative estimate of drug-likeness (QED) is 0.722. The maximum Gasteiger partial charge on any atom is 0.223 e. The van der Waals surface area contributed by atoms with E-state index in [0.717, 1.165) is 12.5 Å². The van der Waals surface area contributed by atoms with E-state index in [4.69, 9.17) is 0 Å². The highest BCUT2D eigenvalue weighted by molar-refractivity contribution is 5.76. The van der Waals surface area contributed by atoms with Crippen molar-refractivity contribution in [2.24, 2.45) is 5.92 Å². The SMILES string of the molecule is CC(CC(=O)N(C)C)NCC1CC=CCC1. The highest BCUT2D eigenvalue weighted by Gasteiger charge is 2.13. The van der Waals surface area contributed by atoms with Crippen LogP contribution in [0.15, 0.2) is 12.2 Å². The Labute approximate surface area is 98.9 Å². The smallest absolute Gasteiger partial charge is 0.223 e. The molecule has 1 N–H and O–H groups in total. The predicted molar refractivity (Wildman–Crippen MR) is 67.3 cm³/mol. The van der Waals surface area contributed by atoms with Gasteiger partial charge in [-0.15, -0.1) is 0 Å². The predicted octanol–water partition coefficient (Wildman–Crippen LogP) is 1.80. The van der Waals surface area contributed by atoms with Crippen LogP contribution in [0.1, 0.15) is 32.6 Å². The minimum absolute atomic E-state index is 0.198. The Balaban J connectivity index is 2.16. The number of allylic oxidation sites excluding steroid dienone is 2. The monoisotopic (exact) mass is 224 g/mol. The van der Waals surface area contributed by atoms with Gasteiger partial charge in [-0.05, 0) is 38.6 Å². The first kappa shape index (κ1) is 13.2. The third-order valence-electron chi connectivity index (χ3n) is 3.11. The molecule has 1 aliphatic carbocycles. The van der Waals surface area contributed by atoms with E-state index in [2.05, 4.69) is 24.4 Å². The molecule has 0 aromatic rings. The summed E-state index contributed by atoms with van der Waals surface area (Å²) in [6.45, 7) is 3.12. The van der Waals surface area contributed by atoms with Crippen LogP contribution in [-0.4, -0.2) is 37.5 Å². The van der Waals surface area contributed by atoms with Crippen LogP contribution in [0, 0.1) is 5.92 Å². The summed E-state index contributed by atoms with van der Waals surface area (Å²) in [5.41, 5.74) is 0. The van der Waals surface area contributed by atoms with Crippen LogP contribution in [0.3, 0.4) is 0 Å². The Bertz CT molecular complexity index is 248. The van der Waals surface area contributed by atoms with E-state index < -0.39 is 0 Å². The zero-order valence-corrected chi connectivity index (χ0v) is 10.7. The summed E-state index contributed by atoms with van der Waals surface area (Å²) >= 11 is 0. The average molecular weight is 224 g/mol. The van der Waals surface area contributed by atoms with Gasteiger partial charge in [0.15, 0.2) is 0 Å². The second-order valence-electron chi connectivity index (χ2n) is 4.95. The Morgan fingerprint density at radius 3 is 2.81 bits per heavy atom. The van der Waals surface area contributed by atoms with E-state index in [0.29, 0.717) is 6.42 Å². The van der Waals surface area contributed by atoms with Crippen molar-refractivity contribution in [2.75, 3.05) is 20.6 Å². The van der Waals surface area contributed by atoms with Gasteiger partial charge in [-0.3, -0.25) is 4.79 Å². The van der Waals surface area contributed by atoms with Crippen LogP contribution in [-0.2, 0) is 4.79 Å². The summed E-state index contributed by atoms with van der Waals surface area (Å²) in [6.07, 6.45) is 8.78. The van der Waals surface area contributed by atoms with Crippen LogP contribution < -0.4 is 5.32 Å². The summed E-state index contributed by atoms with van der Waals surface area (Å²) in [4.78, 5) is 13.1. The Morgan fingerprint density at radius 1 is 1.50 bits per heavy atom. The maximum absolute atomic E-state index is 11.5. The second-order valence-corrected chi connectivity index (χ2v) is 4.95. The number of nitrogens with zero attached hydrogens (tertiary/aromatic N) is 1. The van der Waals surface area contributed by atoms with E-state index in [-0.39, 0.29) is 11.9 Å². The molecule has 1 amide bonds. The third-order valence-corrected chi connectivity index (χ3v) is 3.11. The number of hydrogen-bond donors (Lipinski definition) is 1. The molecule has 2 unspecified atom stereocenters. The van der Waals surface area contributed by atoms with Gasteiger partial charge in [-0.2, -0.15) is 0 Å². The molecule has 0 spiro atoms. The molecule has 0 saturated carbocycles. The lowest BCUT2D eigenvalue weighted by atomic mass is 9.94. The Kier molecular flexibility index (Phi) is 5.53. The van der Waals surface area contributed by atoms with Crippen LogP contribution in [0.5, 0.6) is 0 Å². The van der Waals surface area contributed by atoms with Gasteiger partial charge in [0.1, 0.15) is 0 Å². The first-order valence-corrected chi connectivity index (χ1v) is 6.18. The van der Waals surface area contributed by atoms with Crippen LogP contribution in [0.2, 0.25) is 0 Å². The molecule has 3 heteroatoms. The van der Waals surface area contributed by atoms with E-state index in [1.165, 1.54) is 19.3 Å². The first-order chi connectivity index (χ1) is 7.59. The molecule has 16 heavy (non-hydrogen) atoms. The van der Waals surface area contributed by atoms with Gasteiger partial charge in [0.05, 0.1) is 0 Å². The second kappa shape index (κ2) is 6.69. The number of carbonyl (C=O) groups is 1. The van der Waals surface area contributed by atoms with E-state index in [1.807, 2.05) is 0 Å². The van der Waals surface area contributed by atoms with Crippen molar-refractivity contribution in [1.29, 1.82) is 0 Å². The largest absolute Gasteiger partial charge is 0.349 e. The lowest BCUT2D eigenvalue weighted by Gasteiger charge is -2.22. The molecule has 0 radical (unpaired) electrons. The molecule has 0 heterocycles. The highest BCUT2D eigenvalue weighted by Crippen LogP contribution is 2.17. The molecule has 1 rings (SSSR count). The zero-order chi connectivity index (χ0) is 12.0. The fourth-order valence-electron chi connectivity index (χ4n) is 1.93. The highest BCUT2D eigenvalue weighted by atomic mass is 16.2. The van der Waals surface area contributed by atoms with Crippen molar-refractivity contribution in [1.82, 2.24) is 10.2 Å². The van der Waals surface area contributed by atoms with E-state index >= 15 is 0 Å². The van der Waals surface area contributed by atoms with Gasteiger partial charge in [0, 0.05) is 26.6 Å². The van der Waals surface area contributed by atoms with Gasteiger partial charge in [0.2, 0.25) is 5.91 Å². The van der Waals surface area contributed by atoms with Crippen molar-refractivity contribution in [3.63, 3.8) is 0 Å². The number of nitrogens with one attached hydrogen (secondary N) is 1. The summed E-state index contributed by atoms with van der Waals surface area (Å²) in [5.74, 6) is 0.949. The normalized spacial score (nSPS) is 21.8. The standard InChI is InChI=1S/C13H24N2O/c1-11(9-13(16)15(2)3)14-10-12-7-5-4-6-8-12/h4-5,11-12,14H,6-10H2,1-3H3. The fourth-order valence-corrected chi connectivity index (χ4v) is 1.93. The van der Waals surface area contributed by atoms with Crippen molar-refractivity contribution < 1.29 is 4.79 Å². The molecule has 0 bridgehead atoms. The van der Waals surface area contributed by atoms with Crippen LogP contribution >= 0.6 is 0 Å². The molecule has 3 nitrogen and oxygen atoms in total. The maximum atomic E-state index is 11.5. The lowest BCUT2D eigenvalue weighted by Crippen LogP contribution is -2.36. The zero-order valence-electron chi connectivity index (χ0n) is 10.7. The Hall–Kier alpha value is -0.830. The molecule has 0 fully saturated rings. The number of amides is 1. The molecule has 1 aliphatic rings. The summed E-state index contributed by atoms with van der Waals surface area (Å²) < 4.78 is 0. The fraction of sp³-hybridized carbons (Fsp3) is 0.769. The summed E-state index contributed by atoms with van der Waals surface area (Å²) in [6, 6.07) is 0.279. The van der Waals surface area contributed by atoms with Gasteiger partial charge >= 0.3 is 0 Å². The Morgan fingerprint density at radius 2 is 2.25 bits per heavy atom. The van der Waals surface area contributed by atoms with E-state index in [9.17, 15) is 4.79 Å². The number of hydrogen-bond acceptors (Lipinski definition) is 2. The van der Waals surface area contributed by atoms with Crippen molar-refractivity contribution >= 4 is 5.91 Å². The number of rotatable bonds is 5. The van der Waals surface area contributed by atoms with Crippen LogP contribution in [0.4, 0.5) is 0 Å². The third kappa shape index (κ3) is 4.79. The average Bonchev–Trinajstić information content (AvgIpc) is 2.27. The molecule has 92 valence electrons. The summed E-state index contributed by atoms with van der Waals surface area (Å²) in [7, 11) is 3.61. The first-order valence-electron chi connectivity index (χ1n) is 6.18. The molecule has 0 aromatic heterocycles. The molecule has 2 atom stereocenters. The van der Waals surface area contributed by atoms with Crippen molar-refractivity contribution in [2.45, 2.75) is 38.6 Å². The summed E-state index contributed by atoms with van der Waals surface area (Å²) in [5, 5.41) is 3.46. The van der Waals surface area contributed by atoms with Crippen LogP contribution in [0.25, 0.3) is 0 Å². The van der Waals surface area contributed by atoms with E-state index in [1.54, 1.807) is 19.0 Å². The molecule has 0 aliphatic heterocycles. The minimum Gasteiger partial charge on any atom is -0.349 e.